The summed E-state index contributed by atoms with van der Waals surface area (Å²) in [4.78, 5) is 0. The van der Waals surface area contributed by atoms with E-state index in [2.05, 4.69) is 143 Å². The van der Waals surface area contributed by atoms with Crippen LogP contribution >= 0.6 is 0 Å². The Morgan fingerprint density at radius 2 is 0.900 bits per heavy atom. The molecule has 0 fully saturated rings. The Morgan fingerprint density at radius 3 is 1.65 bits per heavy atom. The first-order valence-electron chi connectivity index (χ1n) is 13.9. The Kier molecular flexibility index (Phi) is 3.70. The second kappa shape index (κ2) is 7.19. The molecule has 10 rings (SSSR count). The van der Waals surface area contributed by atoms with Crippen molar-refractivity contribution in [1.82, 2.24) is 9.13 Å². The molecule has 0 amide bonds. The van der Waals surface area contributed by atoms with E-state index in [4.69, 9.17) is 0 Å². The summed E-state index contributed by atoms with van der Waals surface area (Å²) in [5, 5.41) is 10.6. The highest BCUT2D eigenvalue weighted by molar-refractivity contribution is 6.38. The van der Waals surface area contributed by atoms with E-state index in [1.165, 1.54) is 87.7 Å². The van der Waals surface area contributed by atoms with Crippen molar-refractivity contribution in [3.05, 3.63) is 133 Å². The summed E-state index contributed by atoms with van der Waals surface area (Å²) in [5.41, 5.74) is 10.1. The van der Waals surface area contributed by atoms with E-state index in [0.29, 0.717) is 0 Å². The van der Waals surface area contributed by atoms with Gasteiger partial charge in [0.2, 0.25) is 0 Å². The van der Waals surface area contributed by atoms with Gasteiger partial charge < -0.3 is 9.13 Å². The molecule has 40 heavy (non-hydrogen) atoms. The van der Waals surface area contributed by atoms with Gasteiger partial charge >= 0.3 is 0 Å². The molecule has 0 atom stereocenters. The number of hydrogen-bond donors (Lipinski definition) is 0. The number of rotatable bonds is 2. The molecule has 0 spiro atoms. The summed E-state index contributed by atoms with van der Waals surface area (Å²) in [6.45, 7) is 0. The van der Waals surface area contributed by atoms with E-state index in [9.17, 15) is 0 Å². The van der Waals surface area contributed by atoms with Crippen LogP contribution in [0.4, 0.5) is 0 Å². The minimum absolute atomic E-state index is 1.19. The number of benzene rings is 7. The Balaban J connectivity index is 1.51. The van der Waals surface area contributed by atoms with E-state index < -0.39 is 0 Å². The van der Waals surface area contributed by atoms with E-state index in [1.54, 1.807) is 0 Å². The van der Waals surface area contributed by atoms with Gasteiger partial charge in [-0.1, -0.05) is 91.0 Å². The maximum atomic E-state index is 2.49. The lowest BCUT2D eigenvalue weighted by Crippen LogP contribution is -1.95. The van der Waals surface area contributed by atoms with Crippen LogP contribution < -0.4 is 0 Å². The van der Waals surface area contributed by atoms with Gasteiger partial charge in [-0.05, 0) is 64.4 Å². The first-order chi connectivity index (χ1) is 19.9. The summed E-state index contributed by atoms with van der Waals surface area (Å²) in [6, 6.07) is 49.1. The molecular formula is C38H22N2. The lowest BCUT2D eigenvalue weighted by atomic mass is 9.98. The Morgan fingerprint density at radius 1 is 0.325 bits per heavy atom. The minimum Gasteiger partial charge on any atom is -0.309 e. The van der Waals surface area contributed by atoms with Crippen molar-refractivity contribution >= 4 is 65.2 Å². The Hall–Kier alpha value is -5.34. The highest BCUT2D eigenvalue weighted by atomic mass is 15.0. The lowest BCUT2D eigenvalue weighted by molar-refractivity contribution is 1.18. The third-order valence-corrected chi connectivity index (χ3v) is 9.00. The van der Waals surface area contributed by atoms with Crippen LogP contribution in [0.25, 0.3) is 87.7 Å². The van der Waals surface area contributed by atoms with Crippen molar-refractivity contribution in [3.8, 4) is 22.5 Å². The van der Waals surface area contributed by atoms with E-state index in [0.717, 1.165) is 0 Å². The fraction of sp³-hybridized carbons (Fsp3) is 0. The van der Waals surface area contributed by atoms with E-state index in [1.807, 2.05) is 0 Å². The molecule has 0 saturated heterocycles. The van der Waals surface area contributed by atoms with Crippen LogP contribution in [0.5, 0.6) is 0 Å². The quantitative estimate of drug-likeness (QED) is 0.221. The second-order valence-corrected chi connectivity index (χ2v) is 10.9. The fourth-order valence-electron chi connectivity index (χ4n) is 7.48. The monoisotopic (exact) mass is 506 g/mol. The first kappa shape index (κ1) is 20.6. The molecule has 1 aliphatic carbocycles. The molecule has 2 heterocycles. The standard InChI is InChI=1S/C38H22N2/c1-2-11-25(12-3-1)39-30-17-7-14-27-28-15-8-18-31-36(28)38-33(22-20-24-19-21-32(39)37(34(24)38)35(27)30)40(31)29-16-6-10-23-9-4-5-13-26(23)29/h1-22H. The minimum atomic E-state index is 1.19. The number of nitrogens with zero attached hydrogens (tertiary/aromatic N) is 2. The van der Waals surface area contributed by atoms with Gasteiger partial charge in [0.05, 0.1) is 27.8 Å². The van der Waals surface area contributed by atoms with Crippen molar-refractivity contribution < 1.29 is 0 Å². The largest absolute Gasteiger partial charge is 0.309 e. The molecule has 0 saturated carbocycles. The lowest BCUT2D eigenvalue weighted by Gasteiger charge is -2.13. The van der Waals surface area contributed by atoms with E-state index >= 15 is 0 Å². The average molecular weight is 507 g/mol. The third kappa shape index (κ3) is 2.36. The molecule has 7 aromatic carbocycles. The zero-order valence-corrected chi connectivity index (χ0v) is 21.6. The fourth-order valence-corrected chi connectivity index (χ4v) is 7.48. The molecule has 1 aliphatic rings. The van der Waals surface area contributed by atoms with Gasteiger partial charge in [0, 0.05) is 38.0 Å². The zero-order valence-electron chi connectivity index (χ0n) is 21.6. The third-order valence-electron chi connectivity index (χ3n) is 9.00. The van der Waals surface area contributed by atoms with Gasteiger partial charge in [-0.25, -0.2) is 0 Å². The molecule has 0 radical (unpaired) electrons. The van der Waals surface area contributed by atoms with Gasteiger partial charge in [0.15, 0.2) is 0 Å². The highest BCUT2D eigenvalue weighted by Crippen LogP contribution is 2.51. The number of fused-ring (bicyclic) bond motifs is 2. The molecule has 9 aromatic rings. The summed E-state index contributed by atoms with van der Waals surface area (Å²) >= 11 is 0. The van der Waals surface area contributed by atoms with Gasteiger partial charge in [-0.2, -0.15) is 0 Å². The van der Waals surface area contributed by atoms with Crippen LogP contribution in [-0.2, 0) is 0 Å². The summed E-state index contributed by atoms with van der Waals surface area (Å²) in [7, 11) is 0. The topological polar surface area (TPSA) is 9.86 Å². The van der Waals surface area contributed by atoms with Crippen LogP contribution in [-0.4, -0.2) is 9.13 Å². The predicted molar refractivity (Wildman–Crippen MR) is 169 cm³/mol. The molecular weight excluding hydrogens is 484 g/mol. The SMILES string of the molecule is c1ccc(-n2c3cccc4c3c3c5c(ccc32)ccc2c5c3c-4cccc3n2-c2cccc3ccccc23)cc1. The van der Waals surface area contributed by atoms with Gasteiger partial charge in [-0.3, -0.25) is 0 Å². The predicted octanol–water partition coefficient (Wildman–Crippen LogP) is 10.2. The van der Waals surface area contributed by atoms with Gasteiger partial charge in [-0.15, -0.1) is 0 Å². The molecule has 184 valence electrons. The molecule has 0 N–H and O–H groups in total. The zero-order chi connectivity index (χ0) is 25.9. The van der Waals surface area contributed by atoms with Crippen LogP contribution in [0.2, 0.25) is 0 Å². The number of aromatic nitrogens is 2. The van der Waals surface area contributed by atoms with Crippen LogP contribution in [0.1, 0.15) is 0 Å². The average Bonchev–Trinajstić information content (AvgIpc) is 3.49. The molecule has 0 aliphatic heterocycles. The number of para-hydroxylation sites is 1. The highest BCUT2D eigenvalue weighted by Gasteiger charge is 2.27. The molecule has 2 nitrogen and oxygen atoms in total. The number of hydrogen-bond acceptors (Lipinski definition) is 0. The van der Waals surface area contributed by atoms with Crippen molar-refractivity contribution in [2.24, 2.45) is 0 Å². The van der Waals surface area contributed by atoms with Gasteiger partial charge in [0.1, 0.15) is 0 Å². The molecule has 0 unspecified atom stereocenters. The second-order valence-electron chi connectivity index (χ2n) is 10.9. The maximum Gasteiger partial charge on any atom is 0.0548 e. The van der Waals surface area contributed by atoms with Crippen molar-refractivity contribution in [3.63, 3.8) is 0 Å². The van der Waals surface area contributed by atoms with Crippen molar-refractivity contribution in [2.75, 3.05) is 0 Å². The summed E-state index contributed by atoms with van der Waals surface area (Å²) in [5.74, 6) is 0. The smallest absolute Gasteiger partial charge is 0.0548 e. The van der Waals surface area contributed by atoms with E-state index in [-0.39, 0.29) is 0 Å². The Labute approximate surface area is 229 Å². The molecule has 2 aromatic heterocycles. The maximum absolute atomic E-state index is 2.49. The normalized spacial score (nSPS) is 12.5. The van der Waals surface area contributed by atoms with Crippen LogP contribution in [0.15, 0.2) is 133 Å². The van der Waals surface area contributed by atoms with Crippen molar-refractivity contribution in [1.29, 1.82) is 0 Å². The first-order valence-corrected chi connectivity index (χ1v) is 13.9. The van der Waals surface area contributed by atoms with Crippen LogP contribution in [0, 0.1) is 0 Å². The Bertz CT molecular complexity index is 2520. The van der Waals surface area contributed by atoms with Crippen molar-refractivity contribution in [2.45, 2.75) is 0 Å². The van der Waals surface area contributed by atoms with Gasteiger partial charge in [0.25, 0.3) is 0 Å². The molecule has 2 heteroatoms. The molecule has 0 bridgehead atoms. The summed E-state index contributed by atoms with van der Waals surface area (Å²) < 4.78 is 4.94. The van der Waals surface area contributed by atoms with Crippen LogP contribution in [0.3, 0.4) is 0 Å². The summed E-state index contributed by atoms with van der Waals surface area (Å²) in [6.07, 6.45) is 0.